The van der Waals surface area contributed by atoms with Crippen LogP contribution in [0.1, 0.15) is 12.8 Å². The molecule has 0 bridgehead atoms. The molecule has 0 saturated carbocycles. The highest BCUT2D eigenvalue weighted by Gasteiger charge is 2.22. The number of benzene rings is 1. The second-order valence-electron chi connectivity index (χ2n) is 4.43. The van der Waals surface area contributed by atoms with Crippen LogP contribution in [0.4, 0.5) is 0 Å². The number of hydrogen-bond acceptors (Lipinski definition) is 2. The number of fused-ring (bicyclic) bond motifs is 1. The maximum atomic E-state index is 4.79. The molecule has 1 unspecified atom stereocenters. The summed E-state index contributed by atoms with van der Waals surface area (Å²) in [6, 6.07) is 8.88. The first kappa shape index (κ1) is 9.10. The van der Waals surface area contributed by atoms with Crippen molar-refractivity contribution in [1.29, 1.82) is 0 Å². The lowest BCUT2D eigenvalue weighted by molar-refractivity contribution is 0.355. The van der Waals surface area contributed by atoms with Gasteiger partial charge in [-0.25, -0.2) is 0 Å². The van der Waals surface area contributed by atoms with E-state index in [1.807, 2.05) is 0 Å². The van der Waals surface area contributed by atoms with Crippen LogP contribution in [0.2, 0.25) is 0 Å². The average Bonchev–Trinajstić information content (AvgIpc) is 2.74. The Morgan fingerprint density at radius 3 is 2.73 bits per heavy atom. The van der Waals surface area contributed by atoms with Gasteiger partial charge < -0.3 is 5.32 Å². The maximum absolute atomic E-state index is 4.79. The Kier molecular flexibility index (Phi) is 2.29. The number of piperidine rings is 1. The average molecular weight is 200 g/mol. The molecular formula is C13H16N2. The van der Waals surface area contributed by atoms with E-state index in [4.69, 9.17) is 4.99 Å². The normalized spacial score (nSPS) is 25.5. The topological polar surface area (TPSA) is 24.4 Å². The first-order chi connectivity index (χ1) is 7.43. The van der Waals surface area contributed by atoms with Crippen molar-refractivity contribution in [3.8, 4) is 0 Å². The minimum absolute atomic E-state index is 0.435. The fourth-order valence-electron chi connectivity index (χ4n) is 2.56. The first-order valence-corrected chi connectivity index (χ1v) is 5.79. The summed E-state index contributed by atoms with van der Waals surface area (Å²) < 4.78 is 0. The lowest BCUT2D eigenvalue weighted by atomic mass is 9.91. The zero-order valence-corrected chi connectivity index (χ0v) is 8.82. The smallest absolute Gasteiger partial charge is 0.0725 e. The predicted octanol–water partition coefficient (Wildman–Crippen LogP) is 0.468. The fraction of sp³-hybridized carbons (Fsp3) is 0.462. The molecule has 2 aliphatic heterocycles. The van der Waals surface area contributed by atoms with E-state index in [0.717, 1.165) is 19.0 Å². The summed E-state index contributed by atoms with van der Waals surface area (Å²) in [5.41, 5.74) is 0. The Morgan fingerprint density at radius 2 is 1.93 bits per heavy atom. The van der Waals surface area contributed by atoms with E-state index in [9.17, 15) is 0 Å². The van der Waals surface area contributed by atoms with E-state index < -0.39 is 0 Å². The van der Waals surface area contributed by atoms with Crippen LogP contribution in [-0.2, 0) is 0 Å². The molecule has 0 aliphatic carbocycles. The van der Waals surface area contributed by atoms with E-state index in [1.165, 1.54) is 23.4 Å². The quantitative estimate of drug-likeness (QED) is 0.700. The summed E-state index contributed by atoms with van der Waals surface area (Å²) in [6.45, 7) is 2.31. The van der Waals surface area contributed by atoms with E-state index in [1.54, 1.807) is 0 Å². The van der Waals surface area contributed by atoms with Crippen molar-refractivity contribution in [2.75, 3.05) is 13.1 Å². The van der Waals surface area contributed by atoms with Gasteiger partial charge in [0.15, 0.2) is 0 Å². The molecule has 78 valence electrons. The fourth-order valence-corrected chi connectivity index (χ4v) is 2.56. The van der Waals surface area contributed by atoms with Crippen LogP contribution in [0.25, 0.3) is 6.08 Å². The van der Waals surface area contributed by atoms with Crippen molar-refractivity contribution in [3.05, 3.63) is 34.8 Å². The summed E-state index contributed by atoms with van der Waals surface area (Å²) in [5.74, 6) is 0.749. The Morgan fingerprint density at radius 1 is 1.13 bits per heavy atom. The third kappa shape index (κ3) is 1.70. The van der Waals surface area contributed by atoms with Crippen LogP contribution >= 0.6 is 0 Å². The van der Waals surface area contributed by atoms with Crippen molar-refractivity contribution >= 4 is 6.08 Å². The monoisotopic (exact) mass is 200 g/mol. The molecule has 3 rings (SSSR count). The molecule has 2 heterocycles. The second kappa shape index (κ2) is 3.78. The summed E-state index contributed by atoms with van der Waals surface area (Å²) in [7, 11) is 0. The van der Waals surface area contributed by atoms with Gasteiger partial charge in [-0.05, 0) is 43.1 Å². The summed E-state index contributed by atoms with van der Waals surface area (Å²) in [4.78, 5) is 4.79. The Bertz CT molecular complexity index is 423. The molecule has 1 N–H and O–H groups in total. The van der Waals surface area contributed by atoms with Gasteiger partial charge in [-0.3, -0.25) is 4.99 Å². The van der Waals surface area contributed by atoms with Crippen molar-refractivity contribution in [2.45, 2.75) is 18.9 Å². The highest BCUT2D eigenvalue weighted by molar-refractivity contribution is 5.35. The van der Waals surface area contributed by atoms with Gasteiger partial charge in [-0.1, -0.05) is 24.3 Å². The van der Waals surface area contributed by atoms with Gasteiger partial charge in [0.05, 0.1) is 11.4 Å². The van der Waals surface area contributed by atoms with Crippen LogP contribution in [0, 0.1) is 5.92 Å². The summed E-state index contributed by atoms with van der Waals surface area (Å²) in [5, 5.41) is 5.91. The van der Waals surface area contributed by atoms with Gasteiger partial charge in [0.1, 0.15) is 0 Å². The van der Waals surface area contributed by atoms with Crippen LogP contribution in [0.15, 0.2) is 29.3 Å². The van der Waals surface area contributed by atoms with E-state index in [-0.39, 0.29) is 0 Å². The summed E-state index contributed by atoms with van der Waals surface area (Å²) >= 11 is 0. The van der Waals surface area contributed by atoms with Gasteiger partial charge >= 0.3 is 0 Å². The molecule has 2 aliphatic rings. The SMILES string of the molecule is C1=c2ccccc2=NC1C1CCNCC1. The molecular weight excluding hydrogens is 184 g/mol. The maximum Gasteiger partial charge on any atom is 0.0725 e. The highest BCUT2D eigenvalue weighted by Crippen LogP contribution is 2.20. The van der Waals surface area contributed by atoms with Crippen LogP contribution in [0.5, 0.6) is 0 Å². The van der Waals surface area contributed by atoms with E-state index >= 15 is 0 Å². The number of para-hydroxylation sites is 1. The van der Waals surface area contributed by atoms with Crippen LogP contribution < -0.4 is 15.9 Å². The van der Waals surface area contributed by atoms with Crippen molar-refractivity contribution in [2.24, 2.45) is 10.9 Å². The molecule has 15 heavy (non-hydrogen) atoms. The molecule has 1 aromatic rings. The van der Waals surface area contributed by atoms with Crippen LogP contribution in [-0.4, -0.2) is 19.1 Å². The van der Waals surface area contributed by atoms with Gasteiger partial charge in [0.25, 0.3) is 0 Å². The predicted molar refractivity (Wildman–Crippen MR) is 61.1 cm³/mol. The largest absolute Gasteiger partial charge is 0.317 e. The first-order valence-electron chi connectivity index (χ1n) is 5.79. The van der Waals surface area contributed by atoms with Crippen molar-refractivity contribution < 1.29 is 0 Å². The summed E-state index contributed by atoms with van der Waals surface area (Å²) in [6.07, 6.45) is 4.86. The van der Waals surface area contributed by atoms with Crippen LogP contribution in [0.3, 0.4) is 0 Å². The Hall–Kier alpha value is -1.15. The number of nitrogens with one attached hydrogen (secondary N) is 1. The zero-order valence-electron chi connectivity index (χ0n) is 8.82. The molecule has 0 spiro atoms. The second-order valence-corrected chi connectivity index (χ2v) is 4.43. The number of hydrogen-bond donors (Lipinski definition) is 1. The molecule has 0 amide bonds. The molecule has 1 aromatic carbocycles. The third-order valence-electron chi connectivity index (χ3n) is 3.44. The van der Waals surface area contributed by atoms with Gasteiger partial charge in [-0.15, -0.1) is 0 Å². The highest BCUT2D eigenvalue weighted by atomic mass is 14.9. The lowest BCUT2D eigenvalue weighted by Gasteiger charge is -2.25. The number of nitrogens with zero attached hydrogens (tertiary/aromatic N) is 1. The minimum atomic E-state index is 0.435. The third-order valence-corrected chi connectivity index (χ3v) is 3.44. The van der Waals surface area contributed by atoms with E-state index in [0.29, 0.717) is 6.04 Å². The standard InChI is InChI=1S/C13H16N2/c1-2-4-12-11(3-1)9-13(15-12)10-5-7-14-8-6-10/h1-4,9-10,13-14H,5-8H2. The molecule has 2 nitrogen and oxygen atoms in total. The zero-order chi connectivity index (χ0) is 10.1. The van der Waals surface area contributed by atoms with Gasteiger partial charge in [0, 0.05) is 0 Å². The molecule has 0 radical (unpaired) electrons. The number of rotatable bonds is 1. The molecule has 1 fully saturated rings. The molecule has 1 atom stereocenters. The van der Waals surface area contributed by atoms with E-state index in [2.05, 4.69) is 35.7 Å². The minimum Gasteiger partial charge on any atom is -0.317 e. The molecule has 1 saturated heterocycles. The van der Waals surface area contributed by atoms with Gasteiger partial charge in [0.2, 0.25) is 0 Å². The van der Waals surface area contributed by atoms with Crippen molar-refractivity contribution in [3.63, 3.8) is 0 Å². The van der Waals surface area contributed by atoms with Gasteiger partial charge in [-0.2, -0.15) is 0 Å². The lowest BCUT2D eigenvalue weighted by Crippen LogP contribution is -2.32. The van der Waals surface area contributed by atoms with Crippen molar-refractivity contribution in [1.82, 2.24) is 5.32 Å². The molecule has 0 aromatic heterocycles. The Balaban J connectivity index is 1.89. The molecule has 2 heteroatoms. The Labute approximate surface area is 89.7 Å².